The van der Waals surface area contributed by atoms with Crippen LogP contribution in [0.5, 0.6) is 5.75 Å². The number of carbonyl (C=O) groups is 2. The summed E-state index contributed by atoms with van der Waals surface area (Å²) in [7, 11) is 1.63. The Morgan fingerprint density at radius 3 is 2.43 bits per heavy atom. The Morgan fingerprint density at radius 2 is 1.90 bits per heavy atom. The van der Waals surface area contributed by atoms with E-state index < -0.39 is 0 Å². The standard InChI is InChI=1S/C14H14I2N2O3/c1-3-4-18-13(19)11(17-14(18)20)7-8-5-9(15)12(21-2)10(16)6-8/h5-7H,3-4H2,1-2H3,(H,17,20)/b11-7+. The molecular weight excluding hydrogens is 498 g/mol. The Labute approximate surface area is 150 Å². The second-order valence-corrected chi connectivity index (χ2v) is 6.79. The predicted molar refractivity (Wildman–Crippen MR) is 96.9 cm³/mol. The van der Waals surface area contributed by atoms with Crippen molar-refractivity contribution in [3.8, 4) is 5.75 Å². The zero-order chi connectivity index (χ0) is 15.6. The average molecular weight is 512 g/mol. The number of carbonyl (C=O) groups excluding carboxylic acids is 2. The van der Waals surface area contributed by atoms with Gasteiger partial charge in [-0.3, -0.25) is 9.69 Å². The third-order valence-corrected chi connectivity index (χ3v) is 4.55. The maximum atomic E-state index is 12.1. The predicted octanol–water partition coefficient (Wildman–Crippen LogP) is 3.21. The lowest BCUT2D eigenvalue weighted by Crippen LogP contribution is -2.31. The number of halogens is 2. The highest BCUT2D eigenvalue weighted by atomic mass is 127. The van der Waals surface area contributed by atoms with Gasteiger partial charge in [-0.2, -0.15) is 0 Å². The van der Waals surface area contributed by atoms with E-state index in [2.05, 4.69) is 50.5 Å². The van der Waals surface area contributed by atoms with E-state index >= 15 is 0 Å². The van der Waals surface area contributed by atoms with Crippen LogP contribution in [0.4, 0.5) is 4.79 Å². The molecule has 1 aromatic carbocycles. The Hall–Kier alpha value is -0.840. The van der Waals surface area contributed by atoms with Gasteiger partial charge >= 0.3 is 6.03 Å². The van der Waals surface area contributed by atoms with E-state index in [1.54, 1.807) is 13.2 Å². The fourth-order valence-electron chi connectivity index (χ4n) is 2.02. The van der Waals surface area contributed by atoms with E-state index in [-0.39, 0.29) is 11.9 Å². The largest absolute Gasteiger partial charge is 0.495 e. The minimum atomic E-state index is -0.356. The monoisotopic (exact) mass is 512 g/mol. The average Bonchev–Trinajstić information content (AvgIpc) is 2.66. The topological polar surface area (TPSA) is 58.6 Å². The summed E-state index contributed by atoms with van der Waals surface area (Å²) in [6, 6.07) is 3.47. The normalized spacial score (nSPS) is 16.6. The van der Waals surface area contributed by atoms with Crippen LogP contribution in [0.2, 0.25) is 0 Å². The molecule has 0 unspecified atom stereocenters. The number of methoxy groups -OCH3 is 1. The second kappa shape index (κ2) is 6.95. The number of nitrogens with one attached hydrogen (secondary N) is 1. The number of hydrogen-bond donors (Lipinski definition) is 1. The molecule has 0 aromatic heterocycles. The van der Waals surface area contributed by atoms with Crippen molar-refractivity contribution in [3.63, 3.8) is 0 Å². The van der Waals surface area contributed by atoms with Gasteiger partial charge in [-0.05, 0) is 75.4 Å². The first-order valence-electron chi connectivity index (χ1n) is 6.35. The number of rotatable bonds is 4. The minimum absolute atomic E-state index is 0.275. The van der Waals surface area contributed by atoms with Gasteiger partial charge in [-0.1, -0.05) is 6.92 Å². The Kier molecular flexibility index (Phi) is 5.47. The lowest BCUT2D eigenvalue weighted by atomic mass is 10.2. The van der Waals surface area contributed by atoms with Crippen LogP contribution in [0.15, 0.2) is 17.8 Å². The van der Waals surface area contributed by atoms with Crippen LogP contribution >= 0.6 is 45.2 Å². The summed E-state index contributed by atoms with van der Waals surface area (Å²) in [6.45, 7) is 2.36. The molecule has 0 bridgehead atoms. The van der Waals surface area contributed by atoms with Crippen molar-refractivity contribution < 1.29 is 14.3 Å². The highest BCUT2D eigenvalue weighted by Gasteiger charge is 2.32. The fraction of sp³-hybridized carbons (Fsp3) is 0.286. The number of ether oxygens (including phenoxy) is 1. The van der Waals surface area contributed by atoms with E-state index in [1.807, 2.05) is 19.1 Å². The fourth-order valence-corrected chi connectivity index (χ4v) is 4.28. The zero-order valence-corrected chi connectivity index (χ0v) is 15.9. The molecule has 1 N–H and O–H groups in total. The van der Waals surface area contributed by atoms with Gasteiger partial charge < -0.3 is 10.1 Å². The maximum absolute atomic E-state index is 12.1. The highest BCUT2D eigenvalue weighted by Crippen LogP contribution is 2.29. The number of hydrogen-bond acceptors (Lipinski definition) is 3. The molecule has 7 heteroatoms. The van der Waals surface area contributed by atoms with E-state index in [0.717, 1.165) is 24.9 Å². The van der Waals surface area contributed by atoms with Crippen LogP contribution in [0.3, 0.4) is 0 Å². The van der Waals surface area contributed by atoms with Crippen LogP contribution in [0.1, 0.15) is 18.9 Å². The smallest absolute Gasteiger partial charge is 0.329 e. The summed E-state index contributed by atoms with van der Waals surface area (Å²) in [4.78, 5) is 25.1. The molecule has 0 saturated carbocycles. The lowest BCUT2D eigenvalue weighted by Gasteiger charge is -2.09. The molecule has 1 aliphatic heterocycles. The van der Waals surface area contributed by atoms with E-state index in [4.69, 9.17) is 4.74 Å². The van der Waals surface area contributed by atoms with Gasteiger partial charge in [0, 0.05) is 6.54 Å². The SMILES string of the molecule is CCCN1C(=O)N/C(=C/c2cc(I)c(OC)c(I)c2)C1=O. The Bertz CT molecular complexity index is 606. The Morgan fingerprint density at radius 1 is 1.29 bits per heavy atom. The first-order chi connectivity index (χ1) is 9.97. The van der Waals surface area contributed by atoms with Gasteiger partial charge in [-0.25, -0.2) is 4.79 Å². The molecule has 2 rings (SSSR count). The van der Waals surface area contributed by atoms with Gasteiger partial charge in [0.25, 0.3) is 5.91 Å². The van der Waals surface area contributed by atoms with Crippen LogP contribution in [0.25, 0.3) is 6.08 Å². The summed E-state index contributed by atoms with van der Waals surface area (Å²) in [5.74, 6) is 0.537. The van der Waals surface area contributed by atoms with Crippen molar-refractivity contribution in [1.82, 2.24) is 10.2 Å². The number of benzene rings is 1. The van der Waals surface area contributed by atoms with Gasteiger partial charge in [0.05, 0.1) is 14.3 Å². The van der Waals surface area contributed by atoms with Gasteiger partial charge in [0.15, 0.2) is 0 Å². The number of amides is 3. The van der Waals surface area contributed by atoms with Gasteiger partial charge in [-0.15, -0.1) is 0 Å². The van der Waals surface area contributed by atoms with Crippen molar-refractivity contribution in [2.45, 2.75) is 13.3 Å². The van der Waals surface area contributed by atoms with Crippen molar-refractivity contribution in [3.05, 3.63) is 30.5 Å². The molecule has 1 aromatic rings. The van der Waals surface area contributed by atoms with E-state index in [0.29, 0.717) is 12.2 Å². The third-order valence-electron chi connectivity index (χ3n) is 2.95. The molecule has 0 radical (unpaired) electrons. The first-order valence-corrected chi connectivity index (χ1v) is 8.51. The molecule has 21 heavy (non-hydrogen) atoms. The van der Waals surface area contributed by atoms with Crippen molar-refractivity contribution >= 4 is 63.2 Å². The molecule has 1 saturated heterocycles. The number of nitrogens with zero attached hydrogens (tertiary/aromatic N) is 1. The van der Waals surface area contributed by atoms with Crippen LogP contribution in [0, 0.1) is 7.14 Å². The highest BCUT2D eigenvalue weighted by molar-refractivity contribution is 14.1. The molecule has 5 nitrogen and oxygen atoms in total. The molecule has 1 fully saturated rings. The summed E-state index contributed by atoms with van der Waals surface area (Å²) in [5.41, 5.74) is 1.16. The molecule has 1 heterocycles. The van der Waals surface area contributed by atoms with Crippen molar-refractivity contribution in [1.29, 1.82) is 0 Å². The number of urea groups is 1. The van der Waals surface area contributed by atoms with Gasteiger partial charge in [0.1, 0.15) is 11.4 Å². The van der Waals surface area contributed by atoms with Crippen LogP contribution in [-0.2, 0) is 4.79 Å². The van der Waals surface area contributed by atoms with Crippen LogP contribution in [-0.4, -0.2) is 30.5 Å². The maximum Gasteiger partial charge on any atom is 0.329 e. The quantitative estimate of drug-likeness (QED) is 0.384. The molecule has 3 amide bonds. The third kappa shape index (κ3) is 3.50. The second-order valence-electron chi connectivity index (χ2n) is 4.46. The molecular formula is C14H14I2N2O3. The summed E-state index contributed by atoms with van der Waals surface area (Å²) >= 11 is 4.37. The van der Waals surface area contributed by atoms with Crippen LogP contribution < -0.4 is 10.1 Å². The van der Waals surface area contributed by atoms with E-state index in [9.17, 15) is 9.59 Å². The molecule has 1 aliphatic rings. The van der Waals surface area contributed by atoms with E-state index in [1.165, 1.54) is 4.90 Å². The van der Waals surface area contributed by atoms with Gasteiger partial charge in [0.2, 0.25) is 0 Å². The summed E-state index contributed by atoms with van der Waals surface area (Å²) in [5, 5.41) is 2.62. The minimum Gasteiger partial charge on any atom is -0.495 e. The first kappa shape index (κ1) is 16.5. The molecule has 112 valence electrons. The zero-order valence-electron chi connectivity index (χ0n) is 11.6. The number of imide groups is 1. The molecule has 0 aliphatic carbocycles. The molecule has 0 atom stereocenters. The molecule has 0 spiro atoms. The van der Waals surface area contributed by atoms with Crippen molar-refractivity contribution in [2.75, 3.05) is 13.7 Å². The van der Waals surface area contributed by atoms with Crippen molar-refractivity contribution in [2.24, 2.45) is 0 Å². The Balaban J connectivity index is 2.33. The summed E-state index contributed by atoms with van der Waals surface area (Å²) < 4.78 is 7.22. The summed E-state index contributed by atoms with van der Waals surface area (Å²) in [6.07, 6.45) is 2.43. The lowest BCUT2D eigenvalue weighted by molar-refractivity contribution is -0.122.